The summed E-state index contributed by atoms with van der Waals surface area (Å²) in [7, 11) is 1.56. The fourth-order valence-corrected chi connectivity index (χ4v) is 1.60. The van der Waals surface area contributed by atoms with E-state index in [0.29, 0.717) is 11.4 Å². The van der Waals surface area contributed by atoms with Crippen LogP contribution in [0.5, 0.6) is 5.88 Å². The molecule has 0 aliphatic heterocycles. The van der Waals surface area contributed by atoms with Crippen molar-refractivity contribution in [2.24, 2.45) is 0 Å². The van der Waals surface area contributed by atoms with Gasteiger partial charge in [0.05, 0.1) is 7.11 Å². The molecule has 0 N–H and O–H groups in total. The molecule has 16 heavy (non-hydrogen) atoms. The highest BCUT2D eigenvalue weighted by atomic mass is 16.5. The average Bonchev–Trinajstić information content (AvgIpc) is 2.38. The Morgan fingerprint density at radius 1 is 1.12 bits per heavy atom. The Kier molecular flexibility index (Phi) is 2.96. The predicted molar refractivity (Wildman–Crippen MR) is 61.6 cm³/mol. The highest BCUT2D eigenvalue weighted by Crippen LogP contribution is 2.29. The third kappa shape index (κ3) is 1.80. The molecule has 0 bridgehead atoms. The van der Waals surface area contributed by atoms with Gasteiger partial charge in [0.1, 0.15) is 0 Å². The van der Waals surface area contributed by atoms with Crippen LogP contribution in [0.25, 0.3) is 11.1 Å². The minimum absolute atomic E-state index is 0.525. The van der Waals surface area contributed by atoms with E-state index in [1.807, 2.05) is 30.3 Å². The molecule has 0 amide bonds. The number of carbonyl (C=O) groups is 1. The molecule has 0 saturated heterocycles. The number of aromatic nitrogens is 1. The molecule has 0 saturated carbocycles. The molecule has 0 aliphatic carbocycles. The summed E-state index contributed by atoms with van der Waals surface area (Å²) in [5.41, 5.74) is 2.30. The number of rotatable bonds is 3. The third-order valence-corrected chi connectivity index (χ3v) is 2.34. The Hall–Kier alpha value is -2.16. The van der Waals surface area contributed by atoms with Crippen molar-refractivity contribution in [2.75, 3.05) is 7.11 Å². The van der Waals surface area contributed by atoms with Crippen LogP contribution in [0.1, 0.15) is 10.4 Å². The highest BCUT2D eigenvalue weighted by molar-refractivity contribution is 5.88. The van der Waals surface area contributed by atoms with Gasteiger partial charge in [0.15, 0.2) is 6.29 Å². The first-order valence-electron chi connectivity index (χ1n) is 4.90. The number of ether oxygens (including phenoxy) is 1. The molecular weight excluding hydrogens is 202 g/mol. The van der Waals surface area contributed by atoms with Crippen molar-refractivity contribution >= 4 is 6.29 Å². The molecule has 1 aromatic carbocycles. The lowest BCUT2D eigenvalue weighted by Gasteiger charge is -2.08. The largest absolute Gasteiger partial charge is 0.481 e. The monoisotopic (exact) mass is 213 g/mol. The predicted octanol–water partition coefficient (Wildman–Crippen LogP) is 2.57. The van der Waals surface area contributed by atoms with E-state index in [1.54, 1.807) is 19.4 Å². The molecule has 0 aliphatic rings. The second kappa shape index (κ2) is 4.57. The van der Waals surface area contributed by atoms with Crippen LogP contribution < -0.4 is 4.74 Å². The van der Waals surface area contributed by atoms with Crippen molar-refractivity contribution in [2.45, 2.75) is 0 Å². The summed E-state index contributed by atoms with van der Waals surface area (Å²) in [6.45, 7) is 0. The molecule has 0 atom stereocenters. The maximum Gasteiger partial charge on any atom is 0.221 e. The van der Waals surface area contributed by atoms with E-state index in [1.165, 1.54) is 0 Å². The summed E-state index contributed by atoms with van der Waals surface area (Å²) in [5, 5.41) is 0. The van der Waals surface area contributed by atoms with Crippen LogP contribution in [0.2, 0.25) is 0 Å². The molecule has 2 rings (SSSR count). The van der Waals surface area contributed by atoms with E-state index >= 15 is 0 Å². The van der Waals surface area contributed by atoms with Crippen LogP contribution in [0, 0.1) is 0 Å². The van der Waals surface area contributed by atoms with Crippen molar-refractivity contribution in [1.29, 1.82) is 0 Å². The van der Waals surface area contributed by atoms with Crippen LogP contribution in [-0.2, 0) is 0 Å². The Bertz CT molecular complexity index is 509. The van der Waals surface area contributed by atoms with Gasteiger partial charge in [-0.3, -0.25) is 4.79 Å². The van der Waals surface area contributed by atoms with Gasteiger partial charge >= 0.3 is 0 Å². The van der Waals surface area contributed by atoms with Crippen molar-refractivity contribution in [1.82, 2.24) is 4.98 Å². The minimum atomic E-state index is 0.525. The second-order valence-corrected chi connectivity index (χ2v) is 3.27. The van der Waals surface area contributed by atoms with Gasteiger partial charge in [0.2, 0.25) is 5.88 Å². The topological polar surface area (TPSA) is 39.2 Å². The fraction of sp³-hybridized carbons (Fsp3) is 0.0769. The average molecular weight is 213 g/mol. The third-order valence-electron chi connectivity index (χ3n) is 2.34. The van der Waals surface area contributed by atoms with E-state index in [2.05, 4.69) is 4.98 Å². The van der Waals surface area contributed by atoms with Gasteiger partial charge in [-0.2, -0.15) is 0 Å². The first kappa shape index (κ1) is 10.4. The van der Waals surface area contributed by atoms with Crippen molar-refractivity contribution in [3.8, 4) is 17.0 Å². The van der Waals surface area contributed by atoms with Crippen molar-refractivity contribution in [3.05, 3.63) is 48.2 Å². The Balaban J connectivity index is 2.62. The van der Waals surface area contributed by atoms with Gasteiger partial charge in [0.25, 0.3) is 0 Å². The Labute approximate surface area is 93.7 Å². The summed E-state index contributed by atoms with van der Waals surface area (Å²) in [6.07, 6.45) is 2.49. The molecule has 3 heteroatoms. The van der Waals surface area contributed by atoms with Crippen LogP contribution in [0.4, 0.5) is 0 Å². The number of aldehydes is 1. The normalized spacial score (nSPS) is 9.81. The number of benzene rings is 1. The number of hydrogen-bond donors (Lipinski definition) is 0. The van der Waals surface area contributed by atoms with E-state index in [-0.39, 0.29) is 0 Å². The van der Waals surface area contributed by atoms with Crippen LogP contribution in [0.3, 0.4) is 0 Å². The molecule has 0 spiro atoms. The lowest BCUT2D eigenvalue weighted by Crippen LogP contribution is -1.93. The number of pyridine rings is 1. The molecule has 1 aromatic heterocycles. The Morgan fingerprint density at radius 3 is 2.62 bits per heavy atom. The standard InChI is InChI=1S/C13H11NO2/c1-16-13-12(7-4-8-14-13)11-6-3-2-5-10(11)9-15/h2-9H,1H3. The lowest BCUT2D eigenvalue weighted by atomic mass is 10.0. The Morgan fingerprint density at radius 2 is 1.88 bits per heavy atom. The van der Waals surface area contributed by atoms with Crippen LogP contribution in [-0.4, -0.2) is 18.4 Å². The van der Waals surface area contributed by atoms with Crippen LogP contribution in [0.15, 0.2) is 42.6 Å². The van der Waals surface area contributed by atoms with Crippen molar-refractivity contribution in [3.63, 3.8) is 0 Å². The molecule has 1 heterocycles. The number of nitrogens with zero attached hydrogens (tertiary/aromatic N) is 1. The smallest absolute Gasteiger partial charge is 0.221 e. The second-order valence-electron chi connectivity index (χ2n) is 3.27. The van der Waals surface area contributed by atoms with Gasteiger partial charge in [0, 0.05) is 17.3 Å². The van der Waals surface area contributed by atoms with Gasteiger partial charge in [-0.1, -0.05) is 24.3 Å². The summed E-state index contributed by atoms with van der Waals surface area (Å²) in [6, 6.07) is 11.1. The number of hydrogen-bond acceptors (Lipinski definition) is 3. The first-order valence-corrected chi connectivity index (χ1v) is 4.90. The molecule has 3 nitrogen and oxygen atoms in total. The number of methoxy groups -OCH3 is 1. The quantitative estimate of drug-likeness (QED) is 0.735. The molecular formula is C13H11NO2. The van der Waals surface area contributed by atoms with E-state index < -0.39 is 0 Å². The van der Waals surface area contributed by atoms with E-state index in [9.17, 15) is 4.79 Å². The summed E-state index contributed by atoms with van der Waals surface area (Å²) in [5.74, 6) is 0.525. The molecule has 0 fully saturated rings. The highest BCUT2D eigenvalue weighted by Gasteiger charge is 2.09. The van der Waals surface area contributed by atoms with Crippen molar-refractivity contribution < 1.29 is 9.53 Å². The van der Waals surface area contributed by atoms with Gasteiger partial charge < -0.3 is 4.74 Å². The van der Waals surface area contributed by atoms with Gasteiger partial charge in [-0.25, -0.2) is 4.98 Å². The maximum atomic E-state index is 10.9. The van der Waals surface area contributed by atoms with Crippen LogP contribution >= 0.6 is 0 Å². The zero-order valence-electron chi connectivity index (χ0n) is 8.88. The molecule has 80 valence electrons. The fourth-order valence-electron chi connectivity index (χ4n) is 1.60. The zero-order chi connectivity index (χ0) is 11.4. The lowest BCUT2D eigenvalue weighted by molar-refractivity contribution is 0.112. The SMILES string of the molecule is COc1ncccc1-c1ccccc1C=O. The maximum absolute atomic E-state index is 10.9. The minimum Gasteiger partial charge on any atom is -0.481 e. The zero-order valence-corrected chi connectivity index (χ0v) is 8.88. The summed E-state index contributed by atoms with van der Waals surface area (Å²) >= 11 is 0. The van der Waals surface area contributed by atoms with Gasteiger partial charge in [-0.05, 0) is 17.7 Å². The molecule has 0 radical (unpaired) electrons. The van der Waals surface area contributed by atoms with E-state index in [0.717, 1.165) is 17.4 Å². The number of carbonyl (C=O) groups excluding carboxylic acids is 1. The summed E-state index contributed by atoms with van der Waals surface area (Å²) < 4.78 is 5.17. The molecule has 2 aromatic rings. The van der Waals surface area contributed by atoms with Gasteiger partial charge in [-0.15, -0.1) is 0 Å². The van der Waals surface area contributed by atoms with E-state index in [4.69, 9.17) is 4.74 Å². The molecule has 0 unspecified atom stereocenters. The summed E-state index contributed by atoms with van der Waals surface area (Å²) in [4.78, 5) is 15.0. The first-order chi connectivity index (χ1) is 7.86.